The summed E-state index contributed by atoms with van der Waals surface area (Å²) in [5.41, 5.74) is 0.671. The number of nitrogens with one attached hydrogen (secondary N) is 1. The van der Waals surface area contributed by atoms with Crippen molar-refractivity contribution in [2.24, 2.45) is 0 Å². The molecule has 4 amide bonds. The monoisotopic (exact) mass is 346 g/mol. The van der Waals surface area contributed by atoms with Gasteiger partial charge in [0.25, 0.3) is 0 Å². The van der Waals surface area contributed by atoms with Crippen molar-refractivity contribution in [2.75, 3.05) is 51.4 Å². The summed E-state index contributed by atoms with van der Waals surface area (Å²) < 4.78 is 10.6. The second kappa shape index (κ2) is 6.70. The molecule has 0 bridgehead atoms. The van der Waals surface area contributed by atoms with Gasteiger partial charge in [0.2, 0.25) is 6.79 Å². The van der Waals surface area contributed by atoms with Crippen LogP contribution < -0.4 is 14.8 Å². The first-order valence-electron chi connectivity index (χ1n) is 8.70. The van der Waals surface area contributed by atoms with Crippen LogP contribution in [0.15, 0.2) is 18.2 Å². The molecule has 8 heteroatoms. The summed E-state index contributed by atoms with van der Waals surface area (Å²) in [5, 5.41) is 2.88. The SMILES string of the molecule is O=C(Nc1ccc2c(c1)OCO2)N1CCN(C(=O)N2CCCC2)CC1. The Morgan fingerprint density at radius 2 is 1.48 bits per heavy atom. The zero-order chi connectivity index (χ0) is 17.2. The smallest absolute Gasteiger partial charge is 0.321 e. The molecule has 2 saturated heterocycles. The molecule has 0 radical (unpaired) electrons. The second-order valence-corrected chi connectivity index (χ2v) is 6.45. The van der Waals surface area contributed by atoms with Crippen LogP contribution in [0, 0.1) is 0 Å². The highest BCUT2D eigenvalue weighted by molar-refractivity contribution is 5.90. The van der Waals surface area contributed by atoms with Crippen LogP contribution in [0.5, 0.6) is 11.5 Å². The Morgan fingerprint density at radius 3 is 2.24 bits per heavy atom. The Bertz CT molecular complexity index is 667. The second-order valence-electron chi connectivity index (χ2n) is 6.45. The number of piperazine rings is 1. The quantitative estimate of drug-likeness (QED) is 0.841. The number of carbonyl (C=O) groups excluding carboxylic acids is 2. The molecule has 3 aliphatic heterocycles. The molecule has 3 aliphatic rings. The summed E-state index contributed by atoms with van der Waals surface area (Å²) >= 11 is 0. The number of hydrogen-bond donors (Lipinski definition) is 1. The predicted octanol–water partition coefficient (Wildman–Crippen LogP) is 1.78. The lowest BCUT2D eigenvalue weighted by molar-refractivity contribution is 0.128. The zero-order valence-corrected chi connectivity index (χ0v) is 14.1. The van der Waals surface area contributed by atoms with Gasteiger partial charge in [0.1, 0.15) is 0 Å². The van der Waals surface area contributed by atoms with Gasteiger partial charge in [-0.3, -0.25) is 0 Å². The molecule has 4 rings (SSSR count). The zero-order valence-electron chi connectivity index (χ0n) is 14.1. The van der Waals surface area contributed by atoms with Gasteiger partial charge in [-0.2, -0.15) is 0 Å². The third-order valence-corrected chi connectivity index (χ3v) is 4.84. The highest BCUT2D eigenvalue weighted by Gasteiger charge is 2.28. The van der Waals surface area contributed by atoms with Crippen molar-refractivity contribution in [1.82, 2.24) is 14.7 Å². The molecule has 134 valence electrons. The lowest BCUT2D eigenvalue weighted by atomic mass is 10.3. The van der Waals surface area contributed by atoms with Crippen molar-refractivity contribution in [3.05, 3.63) is 18.2 Å². The summed E-state index contributed by atoms with van der Waals surface area (Å²) in [6.07, 6.45) is 2.17. The van der Waals surface area contributed by atoms with Crippen LogP contribution in [-0.2, 0) is 0 Å². The molecule has 8 nitrogen and oxygen atoms in total. The molecule has 2 fully saturated rings. The molecule has 1 aromatic rings. The van der Waals surface area contributed by atoms with Crippen molar-refractivity contribution < 1.29 is 19.1 Å². The Morgan fingerprint density at radius 1 is 0.840 bits per heavy atom. The van der Waals surface area contributed by atoms with Crippen molar-refractivity contribution in [2.45, 2.75) is 12.8 Å². The molecule has 0 aromatic heterocycles. The summed E-state index contributed by atoms with van der Waals surface area (Å²) in [5.74, 6) is 1.32. The van der Waals surface area contributed by atoms with Gasteiger partial charge in [0.15, 0.2) is 11.5 Å². The van der Waals surface area contributed by atoms with E-state index in [1.54, 1.807) is 23.1 Å². The van der Waals surface area contributed by atoms with Gasteiger partial charge >= 0.3 is 12.1 Å². The molecule has 1 N–H and O–H groups in total. The number of nitrogens with zero attached hydrogens (tertiary/aromatic N) is 3. The Balaban J connectivity index is 1.30. The predicted molar refractivity (Wildman–Crippen MR) is 90.9 cm³/mol. The van der Waals surface area contributed by atoms with E-state index in [0.29, 0.717) is 43.4 Å². The lowest BCUT2D eigenvalue weighted by Gasteiger charge is -2.36. The maximum absolute atomic E-state index is 12.4. The van der Waals surface area contributed by atoms with E-state index in [1.807, 2.05) is 9.80 Å². The van der Waals surface area contributed by atoms with Gasteiger partial charge in [-0.25, -0.2) is 9.59 Å². The summed E-state index contributed by atoms with van der Waals surface area (Å²) in [6, 6.07) is 5.27. The van der Waals surface area contributed by atoms with Gasteiger partial charge in [-0.15, -0.1) is 0 Å². The first-order valence-corrected chi connectivity index (χ1v) is 8.70. The number of hydrogen-bond acceptors (Lipinski definition) is 4. The molecule has 1 aromatic carbocycles. The van der Waals surface area contributed by atoms with Crippen molar-refractivity contribution >= 4 is 17.7 Å². The Labute approximate surface area is 146 Å². The molecule has 0 aliphatic carbocycles. The summed E-state index contributed by atoms with van der Waals surface area (Å²) in [7, 11) is 0. The Kier molecular flexibility index (Phi) is 4.25. The molecular formula is C17H22N4O4. The van der Waals surface area contributed by atoms with Crippen LogP contribution >= 0.6 is 0 Å². The standard InChI is InChI=1S/C17H22N4O4/c22-16(18-13-3-4-14-15(11-13)25-12-24-14)19-7-9-21(10-8-19)17(23)20-5-1-2-6-20/h3-4,11H,1-2,5-10,12H2,(H,18,22). The van der Waals surface area contributed by atoms with Crippen molar-refractivity contribution in [3.63, 3.8) is 0 Å². The first kappa shape index (κ1) is 15.9. The summed E-state index contributed by atoms with van der Waals surface area (Å²) in [6.45, 7) is 4.13. The van der Waals surface area contributed by atoms with E-state index in [0.717, 1.165) is 25.9 Å². The molecule has 0 unspecified atom stereocenters. The maximum Gasteiger partial charge on any atom is 0.321 e. The third kappa shape index (κ3) is 3.29. The minimum atomic E-state index is -0.160. The van der Waals surface area contributed by atoms with E-state index in [2.05, 4.69) is 5.32 Å². The first-order chi connectivity index (χ1) is 12.2. The number of amides is 4. The number of anilines is 1. The maximum atomic E-state index is 12.4. The minimum absolute atomic E-state index is 0.105. The van der Waals surface area contributed by atoms with E-state index in [9.17, 15) is 9.59 Å². The van der Waals surface area contributed by atoms with Crippen LogP contribution in [0.2, 0.25) is 0 Å². The molecule has 0 saturated carbocycles. The number of benzene rings is 1. The fraction of sp³-hybridized carbons (Fsp3) is 0.529. The van der Waals surface area contributed by atoms with Gasteiger partial charge < -0.3 is 29.5 Å². The highest BCUT2D eigenvalue weighted by atomic mass is 16.7. The number of carbonyl (C=O) groups is 2. The number of likely N-dealkylation sites (tertiary alicyclic amines) is 1. The lowest BCUT2D eigenvalue weighted by Crippen LogP contribution is -2.54. The minimum Gasteiger partial charge on any atom is -0.454 e. The van der Waals surface area contributed by atoms with E-state index >= 15 is 0 Å². The molecule has 3 heterocycles. The molecule has 0 atom stereocenters. The largest absolute Gasteiger partial charge is 0.454 e. The van der Waals surface area contributed by atoms with Gasteiger partial charge in [0.05, 0.1) is 0 Å². The van der Waals surface area contributed by atoms with Crippen molar-refractivity contribution in [3.8, 4) is 11.5 Å². The average molecular weight is 346 g/mol. The van der Waals surface area contributed by atoms with Crippen LogP contribution in [0.1, 0.15) is 12.8 Å². The van der Waals surface area contributed by atoms with E-state index < -0.39 is 0 Å². The number of ether oxygens (including phenoxy) is 2. The molecule has 0 spiro atoms. The number of urea groups is 2. The summed E-state index contributed by atoms with van der Waals surface area (Å²) in [4.78, 5) is 30.3. The van der Waals surface area contributed by atoms with Gasteiger partial charge in [0, 0.05) is 51.0 Å². The van der Waals surface area contributed by atoms with Gasteiger partial charge in [-0.1, -0.05) is 0 Å². The van der Waals surface area contributed by atoms with Crippen LogP contribution in [0.3, 0.4) is 0 Å². The normalized spacial score (nSPS) is 19.3. The fourth-order valence-corrected chi connectivity index (χ4v) is 3.39. The number of fused-ring (bicyclic) bond motifs is 1. The highest BCUT2D eigenvalue weighted by Crippen LogP contribution is 2.34. The average Bonchev–Trinajstić information content (AvgIpc) is 3.32. The fourth-order valence-electron chi connectivity index (χ4n) is 3.39. The third-order valence-electron chi connectivity index (χ3n) is 4.84. The molecular weight excluding hydrogens is 324 g/mol. The van der Waals surface area contributed by atoms with Crippen molar-refractivity contribution in [1.29, 1.82) is 0 Å². The van der Waals surface area contributed by atoms with E-state index in [4.69, 9.17) is 9.47 Å². The van der Waals surface area contributed by atoms with Crippen LogP contribution in [-0.4, -0.2) is 72.8 Å². The van der Waals surface area contributed by atoms with Crippen LogP contribution in [0.4, 0.5) is 15.3 Å². The van der Waals surface area contributed by atoms with E-state index in [-0.39, 0.29) is 18.9 Å². The van der Waals surface area contributed by atoms with E-state index in [1.165, 1.54) is 0 Å². The molecule has 25 heavy (non-hydrogen) atoms. The van der Waals surface area contributed by atoms with Crippen LogP contribution in [0.25, 0.3) is 0 Å². The Hall–Kier alpha value is -2.64. The topological polar surface area (TPSA) is 74.4 Å². The number of rotatable bonds is 1. The van der Waals surface area contributed by atoms with Gasteiger partial charge in [-0.05, 0) is 25.0 Å².